The summed E-state index contributed by atoms with van der Waals surface area (Å²) in [5, 5.41) is 13.1. The van der Waals surface area contributed by atoms with Gasteiger partial charge in [0.15, 0.2) is 0 Å². The normalized spacial score (nSPS) is 11.0. The second-order valence-electron chi connectivity index (χ2n) is 5.41. The molecule has 0 unspecified atom stereocenters. The Morgan fingerprint density at radius 1 is 1.00 bits per heavy atom. The summed E-state index contributed by atoms with van der Waals surface area (Å²) in [7, 11) is 0. The highest BCUT2D eigenvalue weighted by molar-refractivity contribution is 7.17. The van der Waals surface area contributed by atoms with E-state index in [1.165, 1.54) is 23.5 Å². The molecular formula is C19H12FNO2S. The van der Waals surface area contributed by atoms with Crippen molar-refractivity contribution in [1.82, 2.24) is 4.98 Å². The van der Waals surface area contributed by atoms with E-state index in [1.54, 1.807) is 36.4 Å². The number of rotatable bonds is 2. The molecule has 0 bridgehead atoms. The Hall–Kier alpha value is -2.92. The van der Waals surface area contributed by atoms with Crippen molar-refractivity contribution in [2.45, 2.75) is 0 Å². The number of pyridine rings is 1. The molecule has 0 spiro atoms. The van der Waals surface area contributed by atoms with E-state index in [0.29, 0.717) is 26.9 Å². The highest BCUT2D eigenvalue weighted by Crippen LogP contribution is 2.41. The molecule has 2 aromatic heterocycles. The van der Waals surface area contributed by atoms with E-state index in [0.717, 1.165) is 0 Å². The zero-order valence-corrected chi connectivity index (χ0v) is 13.2. The molecule has 0 atom stereocenters. The highest BCUT2D eigenvalue weighted by Gasteiger charge is 2.18. The van der Waals surface area contributed by atoms with Gasteiger partial charge in [0.05, 0.1) is 10.9 Å². The smallest absolute Gasteiger partial charge is 0.260 e. The van der Waals surface area contributed by atoms with Gasteiger partial charge < -0.3 is 10.1 Å². The van der Waals surface area contributed by atoms with Crippen molar-refractivity contribution in [2.75, 3.05) is 0 Å². The van der Waals surface area contributed by atoms with E-state index < -0.39 is 0 Å². The molecule has 0 aliphatic carbocycles. The first kappa shape index (κ1) is 14.7. The van der Waals surface area contributed by atoms with Crippen LogP contribution in [-0.2, 0) is 0 Å². The number of H-pyrrole nitrogens is 1. The van der Waals surface area contributed by atoms with Gasteiger partial charge in [-0.1, -0.05) is 42.5 Å². The van der Waals surface area contributed by atoms with Crippen LogP contribution >= 0.6 is 11.3 Å². The molecule has 2 aromatic carbocycles. The number of aromatic hydroxyl groups is 1. The number of halogens is 1. The molecule has 0 saturated carbocycles. The zero-order valence-electron chi connectivity index (χ0n) is 12.4. The Bertz CT molecular complexity index is 1100. The van der Waals surface area contributed by atoms with E-state index in [1.807, 2.05) is 11.4 Å². The lowest BCUT2D eigenvalue weighted by molar-refractivity contribution is 0.483. The third-order valence-corrected chi connectivity index (χ3v) is 4.81. The van der Waals surface area contributed by atoms with Gasteiger partial charge in [-0.15, -0.1) is 11.3 Å². The van der Waals surface area contributed by atoms with Crippen molar-refractivity contribution >= 4 is 21.6 Å². The third-order valence-electron chi connectivity index (χ3n) is 3.92. The molecule has 0 saturated heterocycles. The molecule has 24 heavy (non-hydrogen) atoms. The average molecular weight is 337 g/mol. The number of nitrogens with one attached hydrogen (secondary N) is 1. The molecule has 5 heteroatoms. The number of hydrogen-bond donors (Lipinski definition) is 2. The predicted octanol–water partition coefficient (Wildman–Crippen LogP) is 4.77. The van der Waals surface area contributed by atoms with Crippen molar-refractivity contribution < 1.29 is 9.50 Å². The van der Waals surface area contributed by atoms with Gasteiger partial charge in [0.25, 0.3) is 5.56 Å². The average Bonchev–Trinajstić information content (AvgIpc) is 3.00. The Morgan fingerprint density at radius 2 is 1.75 bits per heavy atom. The summed E-state index contributed by atoms with van der Waals surface area (Å²) in [6.07, 6.45) is 0. The second kappa shape index (κ2) is 5.62. The van der Waals surface area contributed by atoms with Crippen LogP contribution in [0.5, 0.6) is 5.75 Å². The SMILES string of the molecule is O=c1[nH]c2scc(-c3cccc(F)c3)c2c(O)c1-c1ccccc1. The molecule has 0 aliphatic rings. The van der Waals surface area contributed by atoms with E-state index in [-0.39, 0.29) is 22.7 Å². The summed E-state index contributed by atoms with van der Waals surface area (Å²) in [5.74, 6) is -0.431. The number of benzene rings is 2. The summed E-state index contributed by atoms with van der Waals surface area (Å²) in [6.45, 7) is 0. The van der Waals surface area contributed by atoms with Crippen LogP contribution in [0.25, 0.3) is 32.5 Å². The lowest BCUT2D eigenvalue weighted by atomic mass is 10.0. The number of aromatic nitrogens is 1. The van der Waals surface area contributed by atoms with Crippen LogP contribution in [0, 0.1) is 5.82 Å². The second-order valence-corrected chi connectivity index (χ2v) is 6.29. The minimum atomic E-state index is -0.348. The lowest BCUT2D eigenvalue weighted by Crippen LogP contribution is -2.08. The third kappa shape index (κ3) is 2.30. The van der Waals surface area contributed by atoms with Crippen LogP contribution in [0.3, 0.4) is 0 Å². The van der Waals surface area contributed by atoms with Crippen LogP contribution in [0.1, 0.15) is 0 Å². The first-order valence-electron chi connectivity index (χ1n) is 7.33. The van der Waals surface area contributed by atoms with E-state index >= 15 is 0 Å². The number of hydrogen-bond acceptors (Lipinski definition) is 3. The number of aromatic amines is 1. The molecule has 2 N–H and O–H groups in total. The standard InChI is InChI=1S/C19H12FNO2S/c20-13-8-4-7-12(9-13)14-10-24-19-16(14)17(22)15(18(23)21-19)11-5-2-1-3-6-11/h1-10H,(H2,21,22,23). The van der Waals surface area contributed by atoms with Gasteiger partial charge in [0.2, 0.25) is 0 Å². The summed E-state index contributed by atoms with van der Waals surface area (Å²) >= 11 is 1.31. The van der Waals surface area contributed by atoms with E-state index in [4.69, 9.17) is 0 Å². The van der Waals surface area contributed by atoms with Crippen molar-refractivity contribution in [2.24, 2.45) is 0 Å². The Labute approximate surface area is 140 Å². The minimum Gasteiger partial charge on any atom is -0.506 e. The van der Waals surface area contributed by atoms with Crippen LogP contribution in [0.2, 0.25) is 0 Å². The van der Waals surface area contributed by atoms with Gasteiger partial charge in [0, 0.05) is 10.9 Å². The topological polar surface area (TPSA) is 53.1 Å². The maximum Gasteiger partial charge on any atom is 0.260 e. The van der Waals surface area contributed by atoms with Crippen molar-refractivity contribution in [3.05, 3.63) is 76.1 Å². The first-order valence-corrected chi connectivity index (χ1v) is 8.21. The molecule has 4 rings (SSSR count). The quantitative estimate of drug-likeness (QED) is 0.554. The molecule has 0 amide bonds. The zero-order chi connectivity index (χ0) is 16.7. The van der Waals surface area contributed by atoms with Crippen molar-refractivity contribution in [3.63, 3.8) is 0 Å². The van der Waals surface area contributed by atoms with Gasteiger partial charge in [-0.05, 0) is 23.3 Å². The molecule has 2 heterocycles. The number of thiophene rings is 1. The van der Waals surface area contributed by atoms with Crippen LogP contribution in [-0.4, -0.2) is 10.1 Å². The molecule has 0 aliphatic heterocycles. The molecule has 118 valence electrons. The Morgan fingerprint density at radius 3 is 2.50 bits per heavy atom. The maximum absolute atomic E-state index is 13.6. The van der Waals surface area contributed by atoms with Crippen LogP contribution < -0.4 is 5.56 Å². The number of fused-ring (bicyclic) bond motifs is 1. The minimum absolute atomic E-state index is 0.0829. The summed E-state index contributed by atoms with van der Waals surface area (Å²) in [6, 6.07) is 15.2. The van der Waals surface area contributed by atoms with E-state index in [2.05, 4.69) is 4.98 Å². The summed E-state index contributed by atoms with van der Waals surface area (Å²) < 4.78 is 13.6. The van der Waals surface area contributed by atoms with Gasteiger partial charge in [-0.2, -0.15) is 0 Å². The van der Waals surface area contributed by atoms with E-state index in [9.17, 15) is 14.3 Å². The molecule has 0 radical (unpaired) electrons. The molecule has 3 nitrogen and oxygen atoms in total. The molecule has 0 fully saturated rings. The van der Waals surface area contributed by atoms with Crippen LogP contribution in [0.4, 0.5) is 4.39 Å². The summed E-state index contributed by atoms with van der Waals surface area (Å²) in [5.41, 5.74) is 1.86. The van der Waals surface area contributed by atoms with Gasteiger partial charge >= 0.3 is 0 Å². The van der Waals surface area contributed by atoms with Crippen molar-refractivity contribution in [1.29, 1.82) is 0 Å². The Balaban J connectivity index is 2.05. The van der Waals surface area contributed by atoms with Crippen molar-refractivity contribution in [3.8, 4) is 28.0 Å². The van der Waals surface area contributed by atoms with Gasteiger partial charge in [-0.25, -0.2) is 4.39 Å². The largest absolute Gasteiger partial charge is 0.506 e. The monoisotopic (exact) mass is 337 g/mol. The predicted molar refractivity (Wildman–Crippen MR) is 94.9 cm³/mol. The van der Waals surface area contributed by atoms with Gasteiger partial charge in [0.1, 0.15) is 16.4 Å². The molecule has 4 aromatic rings. The summed E-state index contributed by atoms with van der Waals surface area (Å²) in [4.78, 5) is 15.8. The molecular weight excluding hydrogens is 325 g/mol. The fraction of sp³-hybridized carbons (Fsp3) is 0. The van der Waals surface area contributed by atoms with Gasteiger partial charge in [-0.3, -0.25) is 4.79 Å². The fourth-order valence-electron chi connectivity index (χ4n) is 2.82. The lowest BCUT2D eigenvalue weighted by Gasteiger charge is -2.07. The maximum atomic E-state index is 13.6. The highest BCUT2D eigenvalue weighted by atomic mass is 32.1. The Kier molecular flexibility index (Phi) is 3.43. The fourth-order valence-corrected chi connectivity index (χ4v) is 3.79. The first-order chi connectivity index (χ1) is 11.6. The van der Waals surface area contributed by atoms with Crippen LogP contribution in [0.15, 0.2) is 64.8 Å².